The minimum atomic E-state index is -0.647. The zero-order valence-corrected chi connectivity index (χ0v) is 25.2. The van der Waals surface area contributed by atoms with E-state index in [0.717, 1.165) is 11.1 Å². The molecule has 7 nitrogen and oxygen atoms in total. The Morgan fingerprint density at radius 3 is 2.00 bits per heavy atom. The van der Waals surface area contributed by atoms with Gasteiger partial charge in [0.25, 0.3) is 0 Å². The molecule has 0 unspecified atom stereocenters. The summed E-state index contributed by atoms with van der Waals surface area (Å²) >= 11 is 0. The maximum absolute atomic E-state index is 15.4. The third kappa shape index (κ3) is 8.24. The minimum absolute atomic E-state index is 0.0303. The molecule has 0 saturated carbocycles. The molecule has 1 N–H and O–H groups in total. The van der Waals surface area contributed by atoms with Crippen molar-refractivity contribution in [1.82, 2.24) is 9.88 Å². The van der Waals surface area contributed by atoms with E-state index < -0.39 is 23.3 Å². The van der Waals surface area contributed by atoms with Crippen molar-refractivity contribution in [2.24, 2.45) is 0 Å². The lowest BCUT2D eigenvalue weighted by atomic mass is 9.88. The number of halogens is 2. The molecule has 9 heteroatoms. The highest BCUT2D eigenvalue weighted by atomic mass is 19.1. The maximum atomic E-state index is 15.4. The molecule has 0 radical (unpaired) electrons. The fourth-order valence-electron chi connectivity index (χ4n) is 5.05. The summed E-state index contributed by atoms with van der Waals surface area (Å²) in [6, 6.07) is 25.3. The number of benzene rings is 3. The highest BCUT2D eigenvalue weighted by Gasteiger charge is 2.30. The number of rotatable bonds is 9. The van der Waals surface area contributed by atoms with Crippen molar-refractivity contribution in [3.05, 3.63) is 113 Å². The van der Waals surface area contributed by atoms with E-state index in [-0.39, 0.29) is 29.7 Å². The molecule has 0 bridgehead atoms. The number of amides is 1. The lowest BCUT2D eigenvalue weighted by Gasteiger charge is -2.33. The van der Waals surface area contributed by atoms with Crippen molar-refractivity contribution in [1.29, 1.82) is 0 Å². The maximum Gasteiger partial charge on any atom is 0.410 e. The summed E-state index contributed by atoms with van der Waals surface area (Å²) in [6.45, 7) is 6.72. The van der Waals surface area contributed by atoms with E-state index >= 15 is 8.78 Å². The third-order valence-electron chi connectivity index (χ3n) is 7.20. The number of aromatic nitrogens is 1. The summed E-state index contributed by atoms with van der Waals surface area (Å²) in [5, 5.41) is 3.07. The van der Waals surface area contributed by atoms with Crippen LogP contribution in [0, 0.1) is 11.6 Å². The first-order valence-corrected chi connectivity index (χ1v) is 14.7. The summed E-state index contributed by atoms with van der Waals surface area (Å²) in [5.74, 6) is -1.06. The van der Waals surface area contributed by atoms with Crippen LogP contribution in [-0.4, -0.2) is 34.7 Å². The molecule has 2 heterocycles. The van der Waals surface area contributed by atoms with Crippen LogP contribution in [0.1, 0.15) is 56.2 Å². The van der Waals surface area contributed by atoms with Gasteiger partial charge in [0.1, 0.15) is 36.1 Å². The van der Waals surface area contributed by atoms with E-state index in [9.17, 15) is 4.79 Å². The van der Waals surface area contributed by atoms with Gasteiger partial charge in [-0.15, -0.1) is 0 Å². The number of pyridine rings is 1. The Labute approximate surface area is 256 Å². The van der Waals surface area contributed by atoms with E-state index in [1.54, 1.807) is 37.8 Å². The average Bonchev–Trinajstić information content (AvgIpc) is 3.00. The number of nitrogens with one attached hydrogen (secondary N) is 1. The lowest BCUT2D eigenvalue weighted by Crippen LogP contribution is -2.41. The second kappa shape index (κ2) is 13.8. The molecule has 1 amide bonds. The van der Waals surface area contributed by atoms with Gasteiger partial charge in [-0.2, -0.15) is 4.98 Å². The molecule has 1 aliphatic heterocycles. The van der Waals surface area contributed by atoms with Crippen LogP contribution in [0.15, 0.2) is 84.9 Å². The van der Waals surface area contributed by atoms with Crippen molar-refractivity contribution >= 4 is 17.5 Å². The van der Waals surface area contributed by atoms with Gasteiger partial charge in [0.2, 0.25) is 11.8 Å². The molecule has 1 aromatic heterocycles. The quantitative estimate of drug-likeness (QED) is 0.208. The molecule has 0 atom stereocenters. The number of ether oxygens (including phenoxy) is 3. The zero-order valence-electron chi connectivity index (χ0n) is 25.2. The van der Waals surface area contributed by atoms with Gasteiger partial charge >= 0.3 is 6.09 Å². The fraction of sp³-hybridized carbons (Fsp3) is 0.314. The molecule has 1 aliphatic rings. The van der Waals surface area contributed by atoms with Gasteiger partial charge in [-0.1, -0.05) is 60.7 Å². The predicted octanol–water partition coefficient (Wildman–Crippen LogP) is 8.38. The van der Waals surface area contributed by atoms with Gasteiger partial charge in [0.15, 0.2) is 0 Å². The first-order valence-electron chi connectivity index (χ1n) is 14.7. The number of hydrogen-bond acceptors (Lipinski definition) is 6. The minimum Gasteiger partial charge on any atom is -0.473 e. The Morgan fingerprint density at radius 2 is 1.43 bits per heavy atom. The van der Waals surface area contributed by atoms with Crippen molar-refractivity contribution in [3.63, 3.8) is 0 Å². The van der Waals surface area contributed by atoms with Crippen LogP contribution in [0.5, 0.6) is 11.8 Å². The Balaban J connectivity index is 1.30. The molecular formula is C35H37F2N3O4. The molecule has 5 rings (SSSR count). The van der Waals surface area contributed by atoms with E-state index in [4.69, 9.17) is 14.2 Å². The number of carbonyl (C=O) groups excluding carboxylic acids is 1. The van der Waals surface area contributed by atoms with E-state index in [0.29, 0.717) is 44.1 Å². The second-order valence-corrected chi connectivity index (χ2v) is 11.8. The van der Waals surface area contributed by atoms with Crippen LogP contribution in [-0.2, 0) is 18.0 Å². The summed E-state index contributed by atoms with van der Waals surface area (Å²) in [7, 11) is 0. The van der Waals surface area contributed by atoms with Crippen LogP contribution in [0.3, 0.4) is 0 Å². The zero-order chi connectivity index (χ0) is 31.1. The summed E-state index contributed by atoms with van der Waals surface area (Å²) in [5.41, 5.74) is 2.01. The monoisotopic (exact) mass is 601 g/mol. The molecule has 230 valence electrons. The molecule has 1 fully saturated rings. The van der Waals surface area contributed by atoms with Gasteiger partial charge in [0, 0.05) is 30.4 Å². The molecule has 0 aliphatic carbocycles. The van der Waals surface area contributed by atoms with Crippen LogP contribution < -0.4 is 14.8 Å². The van der Waals surface area contributed by atoms with Gasteiger partial charge in [-0.05, 0) is 68.9 Å². The first kappa shape index (κ1) is 30.8. The van der Waals surface area contributed by atoms with Crippen LogP contribution >= 0.6 is 0 Å². The molecule has 4 aromatic rings. The highest BCUT2D eigenvalue weighted by Crippen LogP contribution is 2.36. The predicted molar refractivity (Wildman–Crippen MR) is 165 cm³/mol. The van der Waals surface area contributed by atoms with Crippen LogP contribution in [0.2, 0.25) is 0 Å². The number of likely N-dealkylation sites (tertiary alicyclic amines) is 1. The second-order valence-electron chi connectivity index (χ2n) is 11.8. The Hall–Kier alpha value is -4.66. The number of nitrogens with zero attached hydrogens (tertiary/aromatic N) is 2. The number of piperidine rings is 1. The molecule has 1 saturated heterocycles. The molecule has 44 heavy (non-hydrogen) atoms. The Morgan fingerprint density at radius 1 is 0.864 bits per heavy atom. The van der Waals surface area contributed by atoms with E-state index in [2.05, 4.69) is 10.3 Å². The third-order valence-corrected chi connectivity index (χ3v) is 7.20. The first-order chi connectivity index (χ1) is 21.1. The van der Waals surface area contributed by atoms with Gasteiger partial charge in [-0.3, -0.25) is 0 Å². The standard InChI is InChI=1S/C35H37F2N3O4/c1-35(2,3)44-34(41)40-18-16-26(17-19-40)32-28(36)20-27(21-29(32)37)38-30-14-15-31(42-22-24-10-6-4-7-11-24)39-33(30)43-23-25-12-8-5-9-13-25/h4-15,20-21,26,38H,16-19,22-23H2,1-3H3. The molecule has 3 aromatic carbocycles. The number of carbonyl (C=O) groups is 1. The summed E-state index contributed by atoms with van der Waals surface area (Å²) < 4.78 is 48.2. The topological polar surface area (TPSA) is 72.9 Å². The van der Waals surface area contributed by atoms with Crippen LogP contribution in [0.4, 0.5) is 25.0 Å². The van der Waals surface area contributed by atoms with E-state index in [1.807, 2.05) is 60.7 Å². The van der Waals surface area contributed by atoms with Crippen molar-refractivity contribution in [3.8, 4) is 11.8 Å². The SMILES string of the molecule is CC(C)(C)OC(=O)N1CCC(c2c(F)cc(Nc3ccc(OCc4ccccc4)nc3OCc3ccccc3)cc2F)CC1. The van der Waals surface area contributed by atoms with Crippen molar-refractivity contribution < 1.29 is 27.8 Å². The smallest absolute Gasteiger partial charge is 0.410 e. The van der Waals surface area contributed by atoms with Gasteiger partial charge in [-0.25, -0.2) is 13.6 Å². The number of hydrogen-bond donors (Lipinski definition) is 1. The van der Waals surface area contributed by atoms with Gasteiger partial charge in [0.05, 0.1) is 0 Å². The largest absolute Gasteiger partial charge is 0.473 e. The summed E-state index contributed by atoms with van der Waals surface area (Å²) in [4.78, 5) is 18.5. The fourth-order valence-corrected chi connectivity index (χ4v) is 5.05. The van der Waals surface area contributed by atoms with Gasteiger partial charge < -0.3 is 24.4 Å². The van der Waals surface area contributed by atoms with Crippen LogP contribution in [0.25, 0.3) is 0 Å². The number of anilines is 2. The van der Waals surface area contributed by atoms with Crippen molar-refractivity contribution in [2.75, 3.05) is 18.4 Å². The summed E-state index contributed by atoms with van der Waals surface area (Å²) in [6.07, 6.45) is 0.462. The highest BCUT2D eigenvalue weighted by molar-refractivity contribution is 5.68. The average molecular weight is 602 g/mol. The lowest BCUT2D eigenvalue weighted by molar-refractivity contribution is 0.0204. The molecule has 0 spiro atoms. The normalized spacial score (nSPS) is 13.8. The Kier molecular flexibility index (Phi) is 9.62. The van der Waals surface area contributed by atoms with Crippen molar-refractivity contribution in [2.45, 2.75) is 58.3 Å². The molecular weight excluding hydrogens is 564 g/mol. The Bertz CT molecular complexity index is 1530. The van der Waals surface area contributed by atoms with E-state index in [1.165, 1.54) is 12.1 Å².